The molecule has 4 fully saturated rings. The van der Waals surface area contributed by atoms with E-state index in [2.05, 4.69) is 9.80 Å². The summed E-state index contributed by atoms with van der Waals surface area (Å²) in [7, 11) is 4.81. The monoisotopic (exact) mass is 836 g/mol. The molecule has 8 rings (SSSR count). The number of benzene rings is 3. The van der Waals surface area contributed by atoms with E-state index in [9.17, 15) is 14.0 Å². The average Bonchev–Trinajstić information content (AvgIpc) is 3.85. The highest BCUT2D eigenvalue weighted by atomic mass is 35.5. The van der Waals surface area contributed by atoms with Gasteiger partial charge in [0, 0.05) is 56.7 Å². The molecule has 0 N–H and O–H groups in total. The van der Waals surface area contributed by atoms with E-state index in [1.165, 1.54) is 18.1 Å². The lowest BCUT2D eigenvalue weighted by atomic mass is 9.95. The van der Waals surface area contributed by atoms with Gasteiger partial charge in [0.1, 0.15) is 41.7 Å². The number of ether oxygens (including phenoxy) is 5. The highest BCUT2D eigenvalue weighted by molar-refractivity contribution is 6.37. The fraction of sp³-hybridized carbons (Fsp3) is 0.535. The molecular weight excluding hydrogens is 786 g/mol. The standard InChI is InChI=1S/C43H51ClF2N6O7/c1-42(2,3)59-41(54)52-26-9-10-27(52)21-50(20-26)38-31-12-11-30(32-19-29(58-24-55-6)18-25-8-13-33(45)35(44)34(25)32)36(46)37(31)47-39(48-38)57-23-43-15-7-17-51(43)28(14-16-43)22-56-40(53)49(4)5/h8,11-13,18-19,26-28H,7,9-10,14-17,20-24H2,1-6H3/t26-,27+,28?,43?. The van der Waals surface area contributed by atoms with Gasteiger partial charge in [-0.1, -0.05) is 23.7 Å². The van der Waals surface area contributed by atoms with E-state index in [4.69, 9.17) is 45.3 Å². The smallest absolute Gasteiger partial charge is 0.410 e. The van der Waals surface area contributed by atoms with E-state index < -0.39 is 17.2 Å². The largest absolute Gasteiger partial charge is 0.468 e. The van der Waals surface area contributed by atoms with Crippen LogP contribution in [0, 0.1) is 11.6 Å². The predicted molar refractivity (Wildman–Crippen MR) is 219 cm³/mol. The van der Waals surface area contributed by atoms with Gasteiger partial charge in [0.2, 0.25) is 0 Å². The Kier molecular flexibility index (Phi) is 11.1. The van der Waals surface area contributed by atoms with Gasteiger partial charge in [-0.15, -0.1) is 0 Å². The molecule has 59 heavy (non-hydrogen) atoms. The fourth-order valence-corrected chi connectivity index (χ4v) is 9.68. The van der Waals surface area contributed by atoms with Gasteiger partial charge in [-0.25, -0.2) is 18.4 Å². The van der Waals surface area contributed by atoms with Crippen LogP contribution >= 0.6 is 11.6 Å². The van der Waals surface area contributed by atoms with Crippen molar-refractivity contribution in [2.75, 3.05) is 65.7 Å². The van der Waals surface area contributed by atoms with Gasteiger partial charge < -0.3 is 33.5 Å². The SMILES string of the molecule is COCOc1cc(-c2ccc3c(N4C[C@H]5CC[C@@H](C4)N5C(=O)OC(C)(C)C)nc(OCC45CCCN4C(COC(=O)N(C)C)CC5)nc3c2F)c2c(Cl)c(F)ccc2c1. The van der Waals surface area contributed by atoms with E-state index in [0.717, 1.165) is 45.1 Å². The van der Waals surface area contributed by atoms with Crippen molar-refractivity contribution in [3.8, 4) is 22.9 Å². The van der Waals surface area contributed by atoms with E-state index in [1.807, 2.05) is 25.7 Å². The lowest BCUT2D eigenvalue weighted by Gasteiger charge is -2.42. The number of halogens is 3. The topological polar surface area (TPSA) is 119 Å². The quantitative estimate of drug-likeness (QED) is 0.145. The number of nitrogens with zero attached hydrogens (tertiary/aromatic N) is 6. The maximum absolute atomic E-state index is 17.4. The Morgan fingerprint density at radius 2 is 1.75 bits per heavy atom. The Balaban J connectivity index is 1.18. The summed E-state index contributed by atoms with van der Waals surface area (Å²) in [5, 5.41) is 1.19. The van der Waals surface area contributed by atoms with Crippen molar-refractivity contribution in [1.82, 2.24) is 24.7 Å². The number of carbonyl (C=O) groups excluding carboxylic acids is 2. The maximum Gasteiger partial charge on any atom is 0.410 e. The minimum absolute atomic E-state index is 0.0142. The van der Waals surface area contributed by atoms with E-state index in [-0.39, 0.29) is 78.0 Å². The lowest BCUT2D eigenvalue weighted by Crippen LogP contribution is -2.57. The normalized spacial score (nSPS) is 22.9. The predicted octanol–water partition coefficient (Wildman–Crippen LogP) is 8.03. The number of carbonyl (C=O) groups is 2. The summed E-state index contributed by atoms with van der Waals surface area (Å²) in [5.41, 5.74) is -0.492. The van der Waals surface area contributed by atoms with Crippen LogP contribution in [0.1, 0.15) is 59.3 Å². The van der Waals surface area contributed by atoms with Crippen molar-refractivity contribution in [3.63, 3.8) is 0 Å². The minimum Gasteiger partial charge on any atom is -0.468 e. The first-order valence-electron chi connectivity index (χ1n) is 20.2. The van der Waals surface area contributed by atoms with Crippen LogP contribution in [0.25, 0.3) is 32.8 Å². The Labute approximate surface area is 347 Å². The van der Waals surface area contributed by atoms with Crippen molar-refractivity contribution in [1.29, 1.82) is 0 Å². The van der Waals surface area contributed by atoms with Crippen molar-refractivity contribution < 1.29 is 42.1 Å². The van der Waals surface area contributed by atoms with Crippen LogP contribution in [0.4, 0.5) is 24.2 Å². The molecule has 316 valence electrons. The van der Waals surface area contributed by atoms with Crippen LogP contribution in [-0.2, 0) is 14.2 Å². The third-order valence-corrected chi connectivity index (χ3v) is 12.4. The Morgan fingerprint density at radius 3 is 2.46 bits per heavy atom. The molecule has 16 heteroatoms. The molecule has 4 aromatic rings. The highest BCUT2D eigenvalue weighted by Gasteiger charge is 2.50. The fourth-order valence-electron chi connectivity index (χ4n) is 9.40. The lowest BCUT2D eigenvalue weighted by molar-refractivity contribution is 0.0122. The number of rotatable bonds is 10. The number of methoxy groups -OCH3 is 1. The second kappa shape index (κ2) is 16.0. The molecule has 2 amide bonds. The number of aromatic nitrogens is 2. The van der Waals surface area contributed by atoms with Crippen molar-refractivity contribution >= 4 is 51.3 Å². The number of piperazine rings is 1. The summed E-state index contributed by atoms with van der Waals surface area (Å²) in [5.74, 6) is -0.434. The first-order valence-corrected chi connectivity index (χ1v) is 20.6. The molecule has 2 bridgehead atoms. The molecule has 0 spiro atoms. The van der Waals surface area contributed by atoms with Crippen LogP contribution < -0.4 is 14.4 Å². The molecule has 4 aliphatic heterocycles. The van der Waals surface area contributed by atoms with Crippen LogP contribution in [0.15, 0.2) is 36.4 Å². The molecular formula is C43H51ClF2N6O7. The highest BCUT2D eigenvalue weighted by Crippen LogP contribution is 2.45. The zero-order valence-corrected chi connectivity index (χ0v) is 35.1. The molecule has 3 aromatic carbocycles. The summed E-state index contributed by atoms with van der Waals surface area (Å²) in [6.07, 6.45) is 4.36. The first-order chi connectivity index (χ1) is 28.2. The van der Waals surface area contributed by atoms with Crippen molar-refractivity contribution in [3.05, 3.63) is 53.1 Å². The second-order valence-electron chi connectivity index (χ2n) is 17.3. The Bertz CT molecular complexity index is 2260. The van der Waals surface area contributed by atoms with Gasteiger partial charge in [-0.3, -0.25) is 9.80 Å². The number of amides is 2. The van der Waals surface area contributed by atoms with E-state index in [0.29, 0.717) is 46.4 Å². The number of fused-ring (bicyclic) bond motifs is 5. The zero-order chi connectivity index (χ0) is 41.8. The molecule has 4 atom stereocenters. The first kappa shape index (κ1) is 41.0. The molecule has 4 saturated heterocycles. The zero-order valence-electron chi connectivity index (χ0n) is 34.4. The Morgan fingerprint density at radius 1 is 0.983 bits per heavy atom. The Hall–Kier alpha value is -4.73. The van der Waals surface area contributed by atoms with Gasteiger partial charge in [-0.2, -0.15) is 9.97 Å². The average molecular weight is 837 g/mol. The number of hydrogen-bond acceptors (Lipinski definition) is 11. The molecule has 1 aromatic heterocycles. The van der Waals surface area contributed by atoms with Crippen LogP contribution in [0.5, 0.6) is 11.8 Å². The van der Waals surface area contributed by atoms with Gasteiger partial charge in [-0.05, 0) is 101 Å². The number of anilines is 1. The van der Waals surface area contributed by atoms with Crippen LogP contribution in [0.3, 0.4) is 0 Å². The van der Waals surface area contributed by atoms with Crippen molar-refractivity contribution in [2.24, 2.45) is 0 Å². The van der Waals surface area contributed by atoms with Crippen molar-refractivity contribution in [2.45, 2.75) is 88.6 Å². The summed E-state index contributed by atoms with van der Waals surface area (Å²) >= 11 is 6.59. The van der Waals surface area contributed by atoms with Gasteiger partial charge in [0.05, 0.1) is 22.6 Å². The summed E-state index contributed by atoms with van der Waals surface area (Å²) in [6, 6.07) is 9.33. The molecule has 2 unspecified atom stereocenters. The summed E-state index contributed by atoms with van der Waals surface area (Å²) in [6.45, 7) is 7.79. The summed E-state index contributed by atoms with van der Waals surface area (Å²) < 4.78 is 61.3. The molecule has 0 aliphatic carbocycles. The molecule has 0 radical (unpaired) electrons. The van der Waals surface area contributed by atoms with E-state index >= 15 is 4.39 Å². The molecule has 5 heterocycles. The second-order valence-corrected chi connectivity index (χ2v) is 17.7. The van der Waals surface area contributed by atoms with Gasteiger partial charge >= 0.3 is 18.2 Å². The maximum atomic E-state index is 17.4. The van der Waals surface area contributed by atoms with Crippen LogP contribution in [0.2, 0.25) is 5.02 Å². The van der Waals surface area contributed by atoms with Gasteiger partial charge in [0.25, 0.3) is 0 Å². The molecule has 0 saturated carbocycles. The molecule has 13 nitrogen and oxygen atoms in total. The van der Waals surface area contributed by atoms with E-state index in [1.54, 1.807) is 44.4 Å². The minimum atomic E-state index is -0.666. The number of hydrogen-bond donors (Lipinski definition) is 0. The third kappa shape index (κ3) is 7.88. The van der Waals surface area contributed by atoms with Gasteiger partial charge in [0.15, 0.2) is 12.6 Å². The van der Waals surface area contributed by atoms with Crippen LogP contribution in [-0.4, -0.2) is 127 Å². The summed E-state index contributed by atoms with van der Waals surface area (Å²) in [4.78, 5) is 43.1. The third-order valence-electron chi connectivity index (χ3n) is 12.0. The molecule has 4 aliphatic rings.